The van der Waals surface area contributed by atoms with Crippen LogP contribution in [0.15, 0.2) is 72.8 Å². The summed E-state index contributed by atoms with van der Waals surface area (Å²) >= 11 is 6.17. The Morgan fingerprint density at radius 2 is 1.67 bits per heavy atom. The number of halogens is 1. The molecule has 132 valence electrons. The van der Waals surface area contributed by atoms with Gasteiger partial charge < -0.3 is 22.8 Å². The van der Waals surface area contributed by atoms with E-state index in [1.165, 1.54) is 7.11 Å². The van der Waals surface area contributed by atoms with Gasteiger partial charge in [0, 0.05) is 11.1 Å². The minimum atomic E-state index is -0.106. The topological polar surface area (TPSA) is 35.5 Å². The summed E-state index contributed by atoms with van der Waals surface area (Å²) in [5.41, 5.74) is 1.41. The third-order valence-corrected chi connectivity index (χ3v) is 5.02. The molecule has 0 aliphatic rings. The van der Waals surface area contributed by atoms with Gasteiger partial charge in [-0.3, -0.25) is 0 Å². The zero-order valence-electron chi connectivity index (χ0n) is 15.2. The van der Waals surface area contributed by atoms with Crippen molar-refractivity contribution in [3.63, 3.8) is 0 Å². The van der Waals surface area contributed by atoms with E-state index in [1.807, 2.05) is 54.6 Å². The van der Waals surface area contributed by atoms with E-state index < -0.39 is 0 Å². The maximum absolute atomic E-state index is 12.6. The van der Waals surface area contributed by atoms with Crippen LogP contribution in [-0.2, 0) is 6.61 Å². The Kier molecular flexibility index (Phi) is 8.42. The first kappa shape index (κ1) is 21.5. The van der Waals surface area contributed by atoms with Crippen LogP contribution in [0.1, 0.15) is 15.9 Å². The van der Waals surface area contributed by atoms with E-state index in [0.717, 1.165) is 16.6 Å². The second-order valence-corrected chi connectivity index (χ2v) is 7.06. The van der Waals surface area contributed by atoms with E-state index in [0.29, 0.717) is 31.5 Å². The van der Waals surface area contributed by atoms with Crippen molar-refractivity contribution in [2.24, 2.45) is 0 Å². The number of hydrogen-bond donors (Lipinski definition) is 0. The van der Waals surface area contributed by atoms with Gasteiger partial charge in [0.1, 0.15) is 18.1 Å². The number of rotatable bonds is 7. The van der Waals surface area contributed by atoms with E-state index in [9.17, 15) is 4.79 Å². The van der Waals surface area contributed by atoms with Crippen LogP contribution in [0, 0.1) is 0 Å². The maximum Gasteiger partial charge on any atom is 1.00 e. The molecule has 3 aromatic carbocycles. The molecule has 0 spiro atoms. The molecule has 27 heavy (non-hydrogen) atoms. The third-order valence-electron chi connectivity index (χ3n) is 3.72. The van der Waals surface area contributed by atoms with Crippen molar-refractivity contribution in [3.05, 3.63) is 88.9 Å². The Bertz CT molecular complexity index is 886. The molecule has 0 bridgehead atoms. The van der Waals surface area contributed by atoms with E-state index >= 15 is 0 Å². The molecule has 0 aliphatic carbocycles. The number of carbonyl (C=O) groups is 1. The van der Waals surface area contributed by atoms with Crippen molar-refractivity contribution in [1.82, 2.24) is 0 Å². The molecule has 0 saturated carbocycles. The quantitative estimate of drug-likeness (QED) is 0.459. The maximum atomic E-state index is 12.6. The van der Waals surface area contributed by atoms with E-state index in [4.69, 9.17) is 21.1 Å². The van der Waals surface area contributed by atoms with Crippen LogP contribution in [0.3, 0.4) is 0 Å². The minimum absolute atomic E-state index is 0. The molecule has 0 radical (unpaired) electrons. The average molecular weight is 391 g/mol. The third kappa shape index (κ3) is 5.86. The van der Waals surface area contributed by atoms with E-state index in [-0.39, 0.29) is 24.4 Å². The summed E-state index contributed by atoms with van der Waals surface area (Å²) in [5.74, 6) is 1.24. The number of carbonyl (C=O) groups excluding carboxylic acids is 1. The van der Waals surface area contributed by atoms with Gasteiger partial charge in [0.05, 0.1) is 12.1 Å². The Morgan fingerprint density at radius 3 is 2.33 bits per heavy atom. The van der Waals surface area contributed by atoms with Crippen molar-refractivity contribution in [3.8, 4) is 11.5 Å². The van der Waals surface area contributed by atoms with Crippen LogP contribution in [0.25, 0.3) is 0 Å². The number of benzene rings is 3. The Balaban J connectivity index is 0.00000261. The summed E-state index contributed by atoms with van der Waals surface area (Å²) in [7, 11) is 2.06. The smallest absolute Gasteiger partial charge is 0.496 e. The molecule has 0 unspecified atom stereocenters. The SMILES string of the molecule is COc1cccc(Cl)c1C(=O)[P-]c1ccc(OCc2ccccc2)cc1.[Li+]. The van der Waals surface area contributed by atoms with E-state index in [2.05, 4.69) is 0 Å². The summed E-state index contributed by atoms with van der Waals surface area (Å²) in [6, 6.07) is 22.6. The summed E-state index contributed by atoms with van der Waals surface area (Å²) in [6.07, 6.45) is 0. The van der Waals surface area contributed by atoms with Gasteiger partial charge in [-0.25, -0.2) is 0 Å². The standard InChI is InChI=1S/C21H17ClO3P.Li/c1-24-19-9-5-8-18(22)20(19)21(23)26-17-12-10-16(11-13-17)25-14-15-6-3-2-4-7-15;/h2-13H,14H2,1H3;/q-1;+1. The molecular weight excluding hydrogens is 374 g/mol. The minimum Gasteiger partial charge on any atom is -0.496 e. The van der Waals surface area contributed by atoms with Gasteiger partial charge in [0.15, 0.2) is 0 Å². The molecule has 3 rings (SSSR count). The van der Waals surface area contributed by atoms with Crippen LogP contribution in [0.4, 0.5) is 0 Å². The van der Waals surface area contributed by atoms with Crippen LogP contribution in [-0.4, -0.2) is 12.6 Å². The molecule has 0 aromatic heterocycles. The van der Waals surface area contributed by atoms with Crippen molar-refractivity contribution >= 4 is 31.0 Å². The molecule has 6 heteroatoms. The van der Waals surface area contributed by atoms with Crippen molar-refractivity contribution in [2.75, 3.05) is 7.11 Å². The molecule has 0 aliphatic heterocycles. The van der Waals surface area contributed by atoms with Crippen molar-refractivity contribution in [2.45, 2.75) is 6.61 Å². The van der Waals surface area contributed by atoms with Crippen LogP contribution in [0.2, 0.25) is 5.02 Å². The van der Waals surface area contributed by atoms with Gasteiger partial charge >= 0.3 is 18.9 Å². The molecule has 0 heterocycles. The molecule has 3 nitrogen and oxygen atoms in total. The normalized spacial score (nSPS) is 10.4. The second kappa shape index (κ2) is 10.5. The predicted octanol–water partition coefficient (Wildman–Crippen LogP) is 2.34. The van der Waals surface area contributed by atoms with Gasteiger partial charge in [-0.05, 0) is 29.8 Å². The van der Waals surface area contributed by atoms with Gasteiger partial charge in [-0.15, -0.1) is 0 Å². The number of hydrogen-bond acceptors (Lipinski definition) is 3. The van der Waals surface area contributed by atoms with Crippen LogP contribution < -0.4 is 33.6 Å². The fourth-order valence-electron chi connectivity index (χ4n) is 2.41. The molecule has 0 saturated heterocycles. The molecular formula is C21H17ClLiO3P. The Morgan fingerprint density at radius 1 is 0.963 bits per heavy atom. The Labute approximate surface area is 178 Å². The van der Waals surface area contributed by atoms with E-state index in [1.54, 1.807) is 18.2 Å². The van der Waals surface area contributed by atoms with Crippen molar-refractivity contribution in [1.29, 1.82) is 0 Å². The zero-order valence-corrected chi connectivity index (χ0v) is 16.8. The van der Waals surface area contributed by atoms with Gasteiger partial charge in [0.25, 0.3) is 0 Å². The summed E-state index contributed by atoms with van der Waals surface area (Å²) in [6.45, 7) is 0.508. The van der Waals surface area contributed by atoms with Gasteiger partial charge in [-0.2, -0.15) is 5.30 Å². The average Bonchev–Trinajstić information content (AvgIpc) is 2.68. The number of methoxy groups -OCH3 is 1. The predicted molar refractivity (Wildman–Crippen MR) is 106 cm³/mol. The van der Waals surface area contributed by atoms with Gasteiger partial charge in [0.2, 0.25) is 0 Å². The first-order chi connectivity index (χ1) is 12.7. The molecule has 0 atom stereocenters. The zero-order chi connectivity index (χ0) is 18.4. The Hall–Kier alpha value is -1.75. The van der Waals surface area contributed by atoms with Crippen LogP contribution >= 0.6 is 20.2 Å². The van der Waals surface area contributed by atoms with Crippen LogP contribution in [0.5, 0.6) is 11.5 Å². The first-order valence-electron chi connectivity index (χ1n) is 8.03. The fourth-order valence-corrected chi connectivity index (χ4v) is 3.61. The summed E-state index contributed by atoms with van der Waals surface area (Å²) in [4.78, 5) is 12.6. The fraction of sp³-hybridized carbons (Fsp3) is 0.0952. The largest absolute Gasteiger partial charge is 1.00 e. The molecule has 0 fully saturated rings. The first-order valence-corrected chi connectivity index (χ1v) is 9.30. The molecule has 3 aromatic rings. The monoisotopic (exact) mass is 390 g/mol. The summed E-state index contributed by atoms with van der Waals surface area (Å²) in [5, 5.41) is 1.26. The second-order valence-electron chi connectivity index (χ2n) is 5.50. The molecule has 0 N–H and O–H groups in total. The van der Waals surface area contributed by atoms with Crippen molar-refractivity contribution < 1.29 is 33.1 Å². The molecule has 0 amide bonds. The summed E-state index contributed by atoms with van der Waals surface area (Å²) < 4.78 is 11.0. The number of ether oxygens (including phenoxy) is 2. The van der Waals surface area contributed by atoms with Gasteiger partial charge in [-0.1, -0.05) is 60.1 Å².